The first kappa shape index (κ1) is 20.2. The van der Waals surface area contributed by atoms with E-state index in [1.54, 1.807) is 0 Å². The summed E-state index contributed by atoms with van der Waals surface area (Å²) in [5.41, 5.74) is 5.04. The lowest BCUT2D eigenvalue weighted by molar-refractivity contribution is 0.466. The molecular formula is C24H27O3S+. The second-order valence-corrected chi connectivity index (χ2v) is 9.55. The van der Waals surface area contributed by atoms with Gasteiger partial charge in [-0.1, -0.05) is 0 Å². The third kappa shape index (κ3) is 3.57. The monoisotopic (exact) mass is 395 g/mol. The van der Waals surface area contributed by atoms with Crippen LogP contribution in [0.4, 0.5) is 0 Å². The molecule has 3 N–H and O–H groups in total. The zero-order chi connectivity index (χ0) is 20.7. The van der Waals surface area contributed by atoms with Crippen LogP contribution in [0, 0.1) is 41.5 Å². The molecular weight excluding hydrogens is 368 g/mol. The summed E-state index contributed by atoms with van der Waals surface area (Å²) in [5.74, 6) is 0.968. The number of benzene rings is 3. The van der Waals surface area contributed by atoms with Crippen molar-refractivity contribution in [3.8, 4) is 17.2 Å². The molecule has 0 aliphatic carbocycles. The van der Waals surface area contributed by atoms with Crippen molar-refractivity contribution in [2.75, 3.05) is 0 Å². The van der Waals surface area contributed by atoms with Crippen LogP contribution in [-0.2, 0) is 10.9 Å². The number of aryl methyl sites for hydroxylation is 6. The molecule has 4 heteroatoms. The van der Waals surface area contributed by atoms with Crippen LogP contribution in [0.25, 0.3) is 0 Å². The fourth-order valence-corrected chi connectivity index (χ4v) is 6.09. The van der Waals surface area contributed by atoms with E-state index >= 15 is 0 Å². The molecule has 0 fully saturated rings. The molecule has 3 aromatic rings. The van der Waals surface area contributed by atoms with Gasteiger partial charge in [-0.2, -0.15) is 0 Å². The minimum Gasteiger partial charge on any atom is -0.507 e. The Morgan fingerprint density at radius 3 is 0.786 bits per heavy atom. The number of rotatable bonds is 3. The average Bonchev–Trinajstić information content (AvgIpc) is 2.62. The molecule has 3 aromatic carbocycles. The first-order chi connectivity index (χ1) is 13.1. The molecule has 0 saturated carbocycles. The van der Waals surface area contributed by atoms with Gasteiger partial charge in [0.15, 0.2) is 14.7 Å². The fourth-order valence-electron chi connectivity index (χ4n) is 3.51. The van der Waals surface area contributed by atoms with Crippen LogP contribution in [0.5, 0.6) is 17.2 Å². The van der Waals surface area contributed by atoms with E-state index in [4.69, 9.17) is 0 Å². The molecule has 0 saturated heterocycles. The van der Waals surface area contributed by atoms with Gasteiger partial charge in [0.1, 0.15) is 17.2 Å². The van der Waals surface area contributed by atoms with Crippen molar-refractivity contribution in [3.63, 3.8) is 0 Å². The molecule has 0 bridgehead atoms. The van der Waals surface area contributed by atoms with Crippen LogP contribution in [0.15, 0.2) is 51.1 Å². The van der Waals surface area contributed by atoms with E-state index in [1.165, 1.54) is 0 Å². The van der Waals surface area contributed by atoms with E-state index < -0.39 is 10.9 Å². The highest BCUT2D eigenvalue weighted by Crippen LogP contribution is 2.39. The Bertz CT molecular complexity index is 864. The molecule has 146 valence electrons. The number of phenols is 3. The van der Waals surface area contributed by atoms with Gasteiger partial charge in [0, 0.05) is 36.4 Å². The molecule has 0 heterocycles. The van der Waals surface area contributed by atoms with Gasteiger partial charge in [-0.3, -0.25) is 0 Å². The summed E-state index contributed by atoms with van der Waals surface area (Å²) in [4.78, 5) is 3.30. The molecule has 0 spiro atoms. The molecule has 0 atom stereocenters. The van der Waals surface area contributed by atoms with E-state index in [0.29, 0.717) is 17.2 Å². The quantitative estimate of drug-likeness (QED) is 0.495. The Kier molecular flexibility index (Phi) is 5.35. The summed E-state index contributed by atoms with van der Waals surface area (Å²) in [6.45, 7) is 11.5. The van der Waals surface area contributed by atoms with Crippen LogP contribution in [0.1, 0.15) is 33.4 Å². The summed E-state index contributed by atoms with van der Waals surface area (Å²) >= 11 is 0. The van der Waals surface area contributed by atoms with Crippen LogP contribution in [0.3, 0.4) is 0 Å². The number of hydrogen-bond acceptors (Lipinski definition) is 3. The molecule has 3 nitrogen and oxygen atoms in total. The largest absolute Gasteiger partial charge is 0.507 e. The molecule has 3 rings (SSSR count). The van der Waals surface area contributed by atoms with Gasteiger partial charge in [-0.05, 0) is 74.9 Å². The van der Waals surface area contributed by atoms with Crippen LogP contribution < -0.4 is 0 Å². The molecule has 0 aliphatic heterocycles. The normalized spacial score (nSPS) is 11.2. The molecule has 0 amide bonds. The number of aromatic hydroxyl groups is 3. The Morgan fingerprint density at radius 2 is 0.607 bits per heavy atom. The fraction of sp³-hybridized carbons (Fsp3) is 0.250. The lowest BCUT2D eigenvalue weighted by Gasteiger charge is -2.14. The maximum Gasteiger partial charge on any atom is 0.167 e. The van der Waals surface area contributed by atoms with Crippen molar-refractivity contribution < 1.29 is 15.3 Å². The Morgan fingerprint density at radius 1 is 0.429 bits per heavy atom. The van der Waals surface area contributed by atoms with Gasteiger partial charge in [-0.25, -0.2) is 0 Å². The molecule has 28 heavy (non-hydrogen) atoms. The van der Waals surface area contributed by atoms with Gasteiger partial charge in [0.25, 0.3) is 0 Å². The lowest BCUT2D eigenvalue weighted by atomic mass is 10.1. The maximum absolute atomic E-state index is 10.2. The third-order valence-electron chi connectivity index (χ3n) is 5.10. The minimum absolute atomic E-state index is 0.323. The van der Waals surface area contributed by atoms with Crippen LogP contribution >= 0.6 is 0 Å². The molecule has 0 unspecified atom stereocenters. The lowest BCUT2D eigenvalue weighted by Crippen LogP contribution is -2.07. The number of phenolic OH excluding ortho intramolecular Hbond substituents is 3. The molecule has 0 radical (unpaired) electrons. The van der Waals surface area contributed by atoms with Crippen molar-refractivity contribution in [2.24, 2.45) is 0 Å². The number of hydrogen-bond donors (Lipinski definition) is 3. The summed E-state index contributed by atoms with van der Waals surface area (Å²) < 4.78 is 0. The highest BCUT2D eigenvalue weighted by atomic mass is 32.2. The minimum atomic E-state index is -0.434. The SMILES string of the molecule is Cc1cc([S+](c2cc(C)c(O)c(C)c2)c2cc(C)c(O)c(C)c2)cc(C)c1O. The van der Waals surface area contributed by atoms with Gasteiger partial charge in [-0.15, -0.1) is 0 Å². The zero-order valence-electron chi connectivity index (χ0n) is 17.2. The summed E-state index contributed by atoms with van der Waals surface area (Å²) in [5, 5.41) is 30.7. The Balaban J connectivity index is 2.32. The predicted octanol–water partition coefficient (Wildman–Crippen LogP) is 5.75. The zero-order valence-corrected chi connectivity index (χ0v) is 18.0. The molecule has 0 aliphatic rings. The third-order valence-corrected chi connectivity index (χ3v) is 7.22. The van der Waals surface area contributed by atoms with Crippen molar-refractivity contribution in [1.82, 2.24) is 0 Å². The average molecular weight is 396 g/mol. The summed E-state index contributed by atoms with van der Waals surface area (Å²) in [6, 6.07) is 12.2. The van der Waals surface area contributed by atoms with E-state index in [0.717, 1.165) is 48.1 Å². The topological polar surface area (TPSA) is 60.7 Å². The molecule has 0 aromatic heterocycles. The summed E-state index contributed by atoms with van der Waals surface area (Å²) in [7, 11) is -0.434. The summed E-state index contributed by atoms with van der Waals surface area (Å²) in [6.07, 6.45) is 0. The van der Waals surface area contributed by atoms with Gasteiger partial charge < -0.3 is 15.3 Å². The van der Waals surface area contributed by atoms with Crippen molar-refractivity contribution in [2.45, 2.75) is 56.2 Å². The van der Waals surface area contributed by atoms with Gasteiger partial charge in [0.05, 0.1) is 10.9 Å². The maximum atomic E-state index is 10.2. The van der Waals surface area contributed by atoms with Crippen molar-refractivity contribution in [3.05, 3.63) is 69.8 Å². The van der Waals surface area contributed by atoms with Crippen LogP contribution in [0.2, 0.25) is 0 Å². The highest BCUT2D eigenvalue weighted by molar-refractivity contribution is 7.97. The van der Waals surface area contributed by atoms with Crippen molar-refractivity contribution in [1.29, 1.82) is 0 Å². The van der Waals surface area contributed by atoms with Gasteiger partial charge >= 0.3 is 0 Å². The van der Waals surface area contributed by atoms with Crippen LogP contribution in [-0.4, -0.2) is 15.3 Å². The van der Waals surface area contributed by atoms with E-state index in [-0.39, 0.29) is 0 Å². The van der Waals surface area contributed by atoms with Crippen molar-refractivity contribution >= 4 is 10.9 Å². The van der Waals surface area contributed by atoms with E-state index in [1.807, 2.05) is 77.9 Å². The first-order valence-electron chi connectivity index (χ1n) is 9.25. The highest BCUT2D eigenvalue weighted by Gasteiger charge is 2.32. The predicted molar refractivity (Wildman–Crippen MR) is 115 cm³/mol. The smallest absolute Gasteiger partial charge is 0.167 e. The van der Waals surface area contributed by atoms with E-state index in [9.17, 15) is 15.3 Å². The second kappa shape index (κ2) is 7.44. The second-order valence-electron chi connectivity index (χ2n) is 7.52. The Hall–Kier alpha value is -2.59. The van der Waals surface area contributed by atoms with E-state index in [2.05, 4.69) is 0 Å². The Labute approximate surface area is 169 Å². The first-order valence-corrected chi connectivity index (χ1v) is 10.5. The standard InChI is InChI=1S/C24H26O3S/c1-13-7-19(8-14(2)22(13)25)28(20-9-15(3)23(26)16(4)10-20)21-11-17(5)24(27)18(6)12-21/h7-12H,1-6H3,(H2-,25,26,27)/p+1. The van der Waals surface area contributed by atoms with Gasteiger partial charge in [0.2, 0.25) is 0 Å².